The van der Waals surface area contributed by atoms with Gasteiger partial charge in [0.1, 0.15) is 5.82 Å². The van der Waals surface area contributed by atoms with Crippen molar-refractivity contribution in [2.24, 2.45) is 0 Å². The number of rotatable bonds is 6. The molecule has 0 unspecified atom stereocenters. The van der Waals surface area contributed by atoms with E-state index < -0.39 is 51.0 Å². The minimum Gasteiger partial charge on any atom is -0.478 e. The number of carboxylic acids is 1. The van der Waals surface area contributed by atoms with Gasteiger partial charge in [0.15, 0.2) is 0 Å². The summed E-state index contributed by atoms with van der Waals surface area (Å²) < 4.78 is 40.0. The van der Waals surface area contributed by atoms with Crippen molar-refractivity contribution < 1.29 is 32.9 Å². The second-order valence-electron chi connectivity index (χ2n) is 4.89. The van der Waals surface area contributed by atoms with Gasteiger partial charge in [-0.25, -0.2) is 22.3 Å². The highest BCUT2D eigenvalue weighted by Crippen LogP contribution is 2.20. The van der Waals surface area contributed by atoms with Crippen LogP contribution in [0.25, 0.3) is 0 Å². The van der Waals surface area contributed by atoms with Crippen LogP contribution in [0.3, 0.4) is 0 Å². The smallest absolute Gasteiger partial charge is 0.338 e. The number of benzene rings is 1. The van der Waals surface area contributed by atoms with Crippen molar-refractivity contribution in [3.05, 3.63) is 29.1 Å². The third-order valence-electron chi connectivity index (χ3n) is 2.85. The van der Waals surface area contributed by atoms with Crippen LogP contribution < -0.4 is 4.72 Å². The van der Waals surface area contributed by atoms with Crippen LogP contribution >= 0.6 is 0 Å². The van der Waals surface area contributed by atoms with Gasteiger partial charge in [0.25, 0.3) is 0 Å². The van der Waals surface area contributed by atoms with E-state index in [0.717, 1.165) is 6.07 Å². The fraction of sp³-hybridized carbons (Fsp3) is 0.417. The quantitative estimate of drug-likeness (QED) is 0.578. The van der Waals surface area contributed by atoms with E-state index in [1.54, 1.807) is 0 Å². The van der Waals surface area contributed by atoms with E-state index in [1.165, 1.54) is 13.8 Å². The predicted molar refractivity (Wildman–Crippen MR) is 71.0 cm³/mol. The maximum absolute atomic E-state index is 13.6. The van der Waals surface area contributed by atoms with E-state index in [-0.39, 0.29) is 5.56 Å². The molecule has 0 atom stereocenters. The highest BCUT2D eigenvalue weighted by molar-refractivity contribution is 7.89. The summed E-state index contributed by atoms with van der Waals surface area (Å²) in [4.78, 5) is 10.4. The fourth-order valence-corrected chi connectivity index (χ4v) is 3.05. The number of hydrogen-bond acceptors (Lipinski definition) is 5. The zero-order valence-electron chi connectivity index (χ0n) is 11.4. The Morgan fingerprint density at radius 2 is 1.86 bits per heavy atom. The zero-order valence-corrected chi connectivity index (χ0v) is 12.2. The summed E-state index contributed by atoms with van der Waals surface area (Å²) in [6.07, 6.45) is 0. The van der Waals surface area contributed by atoms with Crippen molar-refractivity contribution in [2.45, 2.75) is 24.3 Å². The number of hydrogen-bond donors (Lipinski definition) is 4. The molecule has 0 aromatic heterocycles. The molecule has 4 N–H and O–H groups in total. The third-order valence-corrected chi connectivity index (χ3v) is 4.47. The Hall–Kier alpha value is -1.55. The minimum atomic E-state index is -4.24. The van der Waals surface area contributed by atoms with Gasteiger partial charge in [0.05, 0.1) is 29.2 Å². The molecule has 0 saturated carbocycles. The van der Waals surface area contributed by atoms with Crippen LogP contribution in [0, 0.1) is 12.7 Å². The molecule has 0 aliphatic heterocycles. The molecule has 0 heterocycles. The third kappa shape index (κ3) is 3.76. The van der Waals surface area contributed by atoms with Gasteiger partial charge in [0.2, 0.25) is 10.0 Å². The van der Waals surface area contributed by atoms with Gasteiger partial charge >= 0.3 is 5.97 Å². The summed E-state index contributed by atoms with van der Waals surface area (Å²) in [5.74, 6) is -2.62. The van der Waals surface area contributed by atoms with Crippen LogP contribution in [0.5, 0.6) is 0 Å². The summed E-state index contributed by atoms with van der Waals surface area (Å²) in [7, 11) is -4.24. The number of aryl methyl sites for hydroxylation is 1. The lowest BCUT2D eigenvalue weighted by molar-refractivity contribution is 0.0691. The Bertz CT molecular complexity index is 654. The molecule has 21 heavy (non-hydrogen) atoms. The van der Waals surface area contributed by atoms with E-state index >= 15 is 0 Å². The van der Waals surface area contributed by atoms with Crippen LogP contribution in [-0.4, -0.2) is 48.5 Å². The normalized spacial score (nSPS) is 12.4. The van der Waals surface area contributed by atoms with Gasteiger partial charge in [-0.15, -0.1) is 0 Å². The lowest BCUT2D eigenvalue weighted by Crippen LogP contribution is -2.51. The van der Waals surface area contributed by atoms with Crippen LogP contribution in [0.1, 0.15) is 22.8 Å². The van der Waals surface area contributed by atoms with Crippen molar-refractivity contribution in [3.8, 4) is 0 Å². The van der Waals surface area contributed by atoms with Crippen LogP contribution in [-0.2, 0) is 10.0 Å². The maximum Gasteiger partial charge on any atom is 0.338 e. The van der Waals surface area contributed by atoms with E-state index in [2.05, 4.69) is 4.72 Å². The second kappa shape index (κ2) is 6.06. The molecular formula is C12H16FNO6S. The van der Waals surface area contributed by atoms with Crippen LogP contribution in [0.15, 0.2) is 17.0 Å². The molecule has 0 bridgehead atoms. The molecule has 0 radical (unpaired) electrons. The Labute approximate surface area is 121 Å². The number of carboxylic acid groups (broad SMARTS) is 1. The standard InChI is InChI=1S/C12H16FNO6S/c1-7-3-8(4-9(10(7)13)11(17)18)21(19,20)14-12(2,5-15)6-16/h3-4,14-16H,5-6H2,1-2H3,(H,17,18). The molecule has 118 valence electrons. The van der Waals surface area contributed by atoms with Crippen molar-refractivity contribution in [3.63, 3.8) is 0 Å². The van der Waals surface area contributed by atoms with Crippen molar-refractivity contribution in [1.29, 1.82) is 0 Å². The van der Waals surface area contributed by atoms with Crippen molar-refractivity contribution in [2.75, 3.05) is 13.2 Å². The lowest BCUT2D eigenvalue weighted by Gasteiger charge is -2.26. The largest absolute Gasteiger partial charge is 0.478 e. The van der Waals surface area contributed by atoms with Gasteiger partial charge < -0.3 is 15.3 Å². The zero-order chi connectivity index (χ0) is 16.4. The predicted octanol–water partition coefficient (Wildman–Crippen LogP) is -0.146. The molecule has 0 fully saturated rings. The number of sulfonamides is 1. The molecule has 0 spiro atoms. The van der Waals surface area contributed by atoms with Crippen LogP contribution in [0.4, 0.5) is 4.39 Å². The average Bonchev–Trinajstić information content (AvgIpc) is 2.40. The monoisotopic (exact) mass is 321 g/mol. The van der Waals surface area contributed by atoms with E-state index in [1.807, 2.05) is 0 Å². The molecular weight excluding hydrogens is 305 g/mol. The maximum atomic E-state index is 13.6. The Kier molecular flexibility index (Phi) is 5.05. The summed E-state index contributed by atoms with van der Waals surface area (Å²) in [5, 5.41) is 27.1. The molecule has 0 aliphatic carbocycles. The van der Waals surface area contributed by atoms with Crippen molar-refractivity contribution >= 4 is 16.0 Å². The molecule has 0 saturated heterocycles. The second-order valence-corrected chi connectivity index (χ2v) is 6.57. The summed E-state index contributed by atoms with van der Waals surface area (Å²) in [6, 6.07) is 1.65. The average molecular weight is 321 g/mol. The molecule has 9 heteroatoms. The SMILES string of the molecule is Cc1cc(S(=O)(=O)NC(C)(CO)CO)cc(C(=O)O)c1F. The van der Waals surface area contributed by atoms with Gasteiger partial charge in [-0.3, -0.25) is 0 Å². The first-order chi connectivity index (χ1) is 9.56. The lowest BCUT2D eigenvalue weighted by atomic mass is 10.1. The van der Waals surface area contributed by atoms with Gasteiger partial charge in [-0.2, -0.15) is 0 Å². The van der Waals surface area contributed by atoms with Gasteiger partial charge in [-0.05, 0) is 31.5 Å². The molecule has 1 aromatic rings. The van der Waals surface area contributed by atoms with E-state index in [9.17, 15) is 17.6 Å². The van der Waals surface area contributed by atoms with Gasteiger partial charge in [0, 0.05) is 0 Å². The summed E-state index contributed by atoms with van der Waals surface area (Å²) in [6.45, 7) is 1.15. The van der Waals surface area contributed by atoms with E-state index in [0.29, 0.717) is 6.07 Å². The topological polar surface area (TPSA) is 124 Å². The first-order valence-corrected chi connectivity index (χ1v) is 7.34. The van der Waals surface area contributed by atoms with E-state index in [4.69, 9.17) is 15.3 Å². The first-order valence-electron chi connectivity index (χ1n) is 5.85. The van der Waals surface area contributed by atoms with Gasteiger partial charge in [-0.1, -0.05) is 0 Å². The molecule has 7 nitrogen and oxygen atoms in total. The number of aromatic carboxylic acids is 1. The Balaban J connectivity index is 3.36. The molecule has 0 amide bonds. The highest BCUT2D eigenvalue weighted by Gasteiger charge is 2.30. The first kappa shape index (κ1) is 17.5. The fourth-order valence-electron chi connectivity index (χ4n) is 1.55. The Morgan fingerprint density at radius 1 is 1.33 bits per heavy atom. The highest BCUT2D eigenvalue weighted by atomic mass is 32.2. The molecule has 0 aliphatic rings. The number of aliphatic hydroxyl groups excluding tert-OH is 2. The van der Waals surface area contributed by atoms with Crippen molar-refractivity contribution in [1.82, 2.24) is 4.72 Å². The van der Waals surface area contributed by atoms with Crippen LogP contribution in [0.2, 0.25) is 0 Å². The Morgan fingerprint density at radius 3 is 2.29 bits per heavy atom. The number of halogens is 1. The molecule has 1 aromatic carbocycles. The summed E-state index contributed by atoms with van der Waals surface area (Å²) >= 11 is 0. The molecule has 1 rings (SSSR count). The summed E-state index contributed by atoms with van der Waals surface area (Å²) in [5.41, 5.74) is -2.44. The minimum absolute atomic E-state index is 0.148. The number of nitrogens with one attached hydrogen (secondary N) is 1. The number of carbonyl (C=O) groups is 1. The number of aliphatic hydroxyl groups is 2.